The first-order valence-electron chi connectivity index (χ1n) is 4.65. The Morgan fingerprint density at radius 1 is 1.47 bits per heavy atom. The zero-order valence-electron chi connectivity index (χ0n) is 8.69. The SMILES string of the molecule is NCC(=O)NCC#Cc1c(F)ccc(Br)c1F. The minimum Gasteiger partial charge on any atom is -0.344 e. The van der Waals surface area contributed by atoms with Gasteiger partial charge in [0.1, 0.15) is 5.82 Å². The predicted octanol–water partition coefficient (Wildman–Crippen LogP) is 1.15. The molecule has 0 aliphatic rings. The summed E-state index contributed by atoms with van der Waals surface area (Å²) >= 11 is 2.93. The van der Waals surface area contributed by atoms with Gasteiger partial charge in [-0.25, -0.2) is 8.78 Å². The van der Waals surface area contributed by atoms with Crippen molar-refractivity contribution in [2.24, 2.45) is 5.73 Å². The van der Waals surface area contributed by atoms with Crippen molar-refractivity contribution >= 4 is 21.8 Å². The molecule has 1 rings (SSSR count). The highest BCUT2D eigenvalue weighted by molar-refractivity contribution is 9.10. The van der Waals surface area contributed by atoms with E-state index in [1.807, 2.05) is 0 Å². The van der Waals surface area contributed by atoms with Crippen LogP contribution >= 0.6 is 15.9 Å². The average molecular weight is 303 g/mol. The van der Waals surface area contributed by atoms with E-state index in [2.05, 4.69) is 33.1 Å². The number of amides is 1. The van der Waals surface area contributed by atoms with Gasteiger partial charge in [0, 0.05) is 0 Å². The smallest absolute Gasteiger partial charge is 0.234 e. The van der Waals surface area contributed by atoms with E-state index in [1.165, 1.54) is 6.07 Å². The van der Waals surface area contributed by atoms with Gasteiger partial charge in [-0.3, -0.25) is 4.79 Å². The lowest BCUT2D eigenvalue weighted by molar-refractivity contribution is -0.119. The van der Waals surface area contributed by atoms with Gasteiger partial charge in [0.2, 0.25) is 5.91 Å². The molecule has 0 heterocycles. The van der Waals surface area contributed by atoms with Crippen LogP contribution in [0.3, 0.4) is 0 Å². The summed E-state index contributed by atoms with van der Waals surface area (Å²) in [5.41, 5.74) is 4.71. The molecule has 0 atom stereocenters. The average Bonchev–Trinajstić information content (AvgIpc) is 2.32. The quantitative estimate of drug-likeness (QED) is 0.636. The minimum atomic E-state index is -0.761. The summed E-state index contributed by atoms with van der Waals surface area (Å²) in [5.74, 6) is 2.86. The number of rotatable bonds is 2. The van der Waals surface area contributed by atoms with Crippen molar-refractivity contribution in [3.8, 4) is 11.8 Å². The van der Waals surface area contributed by atoms with Crippen molar-refractivity contribution in [3.63, 3.8) is 0 Å². The normalized spacial score (nSPS) is 9.41. The Labute approximate surface area is 106 Å². The molecule has 0 bridgehead atoms. The molecule has 1 aromatic rings. The molecule has 90 valence electrons. The largest absolute Gasteiger partial charge is 0.344 e. The molecule has 0 aliphatic heterocycles. The van der Waals surface area contributed by atoms with Crippen LogP contribution in [-0.4, -0.2) is 19.0 Å². The molecular weight excluding hydrogens is 294 g/mol. The van der Waals surface area contributed by atoms with Crippen LogP contribution in [0.25, 0.3) is 0 Å². The number of hydrogen-bond acceptors (Lipinski definition) is 2. The second-order valence-electron chi connectivity index (χ2n) is 3.00. The van der Waals surface area contributed by atoms with E-state index in [9.17, 15) is 13.6 Å². The zero-order chi connectivity index (χ0) is 12.8. The van der Waals surface area contributed by atoms with Crippen LogP contribution in [0.15, 0.2) is 16.6 Å². The van der Waals surface area contributed by atoms with E-state index in [0.29, 0.717) is 0 Å². The summed E-state index contributed by atoms with van der Waals surface area (Å²) in [6.45, 7) is -0.164. The Morgan fingerprint density at radius 2 is 2.18 bits per heavy atom. The van der Waals surface area contributed by atoms with E-state index in [4.69, 9.17) is 5.73 Å². The third kappa shape index (κ3) is 3.80. The maximum Gasteiger partial charge on any atom is 0.234 e. The van der Waals surface area contributed by atoms with Crippen molar-refractivity contribution in [2.75, 3.05) is 13.1 Å². The van der Waals surface area contributed by atoms with Gasteiger partial charge in [-0.1, -0.05) is 11.8 Å². The Hall–Kier alpha value is -1.45. The second-order valence-corrected chi connectivity index (χ2v) is 3.86. The van der Waals surface area contributed by atoms with Crippen LogP contribution in [0, 0.1) is 23.5 Å². The molecule has 6 heteroatoms. The van der Waals surface area contributed by atoms with Crippen molar-refractivity contribution in [3.05, 3.63) is 33.8 Å². The monoisotopic (exact) mass is 302 g/mol. The van der Waals surface area contributed by atoms with Crippen LogP contribution in [-0.2, 0) is 4.79 Å². The van der Waals surface area contributed by atoms with Crippen LogP contribution in [0.2, 0.25) is 0 Å². The highest BCUT2D eigenvalue weighted by atomic mass is 79.9. The summed E-state index contributed by atoms with van der Waals surface area (Å²) < 4.78 is 26.8. The maximum absolute atomic E-state index is 13.4. The lowest BCUT2D eigenvalue weighted by atomic mass is 10.2. The van der Waals surface area contributed by atoms with E-state index in [-0.39, 0.29) is 29.0 Å². The third-order valence-corrected chi connectivity index (χ3v) is 2.43. The Balaban J connectivity index is 2.78. The highest BCUT2D eigenvalue weighted by Gasteiger charge is 2.09. The standard InChI is InChI=1S/C11H9BrF2N2O/c12-8-3-4-9(13)7(11(8)14)2-1-5-16-10(17)6-15/h3-4H,5-6,15H2,(H,16,17). The fraction of sp³-hybridized carbons (Fsp3) is 0.182. The summed E-state index contributed by atoms with van der Waals surface area (Å²) in [4.78, 5) is 10.8. The molecule has 0 fully saturated rings. The number of carbonyl (C=O) groups excluding carboxylic acids is 1. The molecule has 0 radical (unpaired) electrons. The van der Waals surface area contributed by atoms with Gasteiger partial charge in [0.25, 0.3) is 0 Å². The van der Waals surface area contributed by atoms with Crippen LogP contribution < -0.4 is 11.1 Å². The van der Waals surface area contributed by atoms with Gasteiger partial charge in [-0.05, 0) is 28.1 Å². The van der Waals surface area contributed by atoms with Gasteiger partial charge in [0.15, 0.2) is 5.82 Å². The highest BCUT2D eigenvalue weighted by Crippen LogP contribution is 2.20. The summed E-state index contributed by atoms with van der Waals surface area (Å²) in [6.07, 6.45) is 0. The first-order valence-corrected chi connectivity index (χ1v) is 5.44. The number of benzene rings is 1. The second kappa shape index (κ2) is 6.33. The van der Waals surface area contributed by atoms with Crippen LogP contribution in [0.5, 0.6) is 0 Å². The number of hydrogen-bond donors (Lipinski definition) is 2. The van der Waals surface area contributed by atoms with Crippen molar-refractivity contribution in [1.29, 1.82) is 0 Å². The molecular formula is C11H9BrF2N2O. The lowest BCUT2D eigenvalue weighted by Crippen LogP contribution is -2.30. The van der Waals surface area contributed by atoms with Crippen molar-refractivity contribution < 1.29 is 13.6 Å². The van der Waals surface area contributed by atoms with Crippen molar-refractivity contribution in [2.45, 2.75) is 0 Å². The number of carbonyl (C=O) groups is 1. The Kier molecular flexibility index (Phi) is 5.07. The minimum absolute atomic E-state index is 0.0125. The molecule has 17 heavy (non-hydrogen) atoms. The Bertz CT molecular complexity index is 494. The first-order chi connectivity index (χ1) is 8.06. The molecule has 0 aliphatic carbocycles. The van der Waals surface area contributed by atoms with E-state index in [0.717, 1.165) is 6.07 Å². The van der Waals surface area contributed by atoms with Gasteiger partial charge in [-0.2, -0.15) is 0 Å². The lowest BCUT2D eigenvalue weighted by Gasteiger charge is -1.99. The molecule has 0 aromatic heterocycles. The summed E-state index contributed by atoms with van der Waals surface area (Å²) in [6, 6.07) is 2.36. The van der Waals surface area contributed by atoms with E-state index < -0.39 is 11.6 Å². The van der Waals surface area contributed by atoms with Gasteiger partial charge >= 0.3 is 0 Å². The third-order valence-electron chi connectivity index (χ3n) is 1.82. The molecule has 1 aromatic carbocycles. The number of nitrogens with two attached hydrogens (primary N) is 1. The van der Waals surface area contributed by atoms with E-state index in [1.54, 1.807) is 0 Å². The first kappa shape index (κ1) is 13.6. The zero-order valence-corrected chi connectivity index (χ0v) is 10.3. The molecule has 3 nitrogen and oxygen atoms in total. The molecule has 3 N–H and O–H groups in total. The van der Waals surface area contributed by atoms with E-state index >= 15 is 0 Å². The Morgan fingerprint density at radius 3 is 2.82 bits per heavy atom. The fourth-order valence-corrected chi connectivity index (χ4v) is 1.32. The topological polar surface area (TPSA) is 55.1 Å². The maximum atomic E-state index is 13.4. The predicted molar refractivity (Wildman–Crippen MR) is 63.0 cm³/mol. The van der Waals surface area contributed by atoms with Gasteiger partial charge in [-0.15, -0.1) is 0 Å². The molecule has 0 spiro atoms. The molecule has 0 unspecified atom stereocenters. The van der Waals surface area contributed by atoms with Gasteiger partial charge in [0.05, 0.1) is 23.1 Å². The number of halogens is 3. The molecule has 1 amide bonds. The number of nitrogens with one attached hydrogen (secondary N) is 1. The summed E-state index contributed by atoms with van der Waals surface area (Å²) in [7, 11) is 0. The molecule has 0 saturated carbocycles. The van der Waals surface area contributed by atoms with Crippen LogP contribution in [0.4, 0.5) is 8.78 Å². The molecule has 0 saturated heterocycles. The van der Waals surface area contributed by atoms with Crippen LogP contribution in [0.1, 0.15) is 5.56 Å². The van der Waals surface area contributed by atoms with Gasteiger partial charge < -0.3 is 11.1 Å². The fourth-order valence-electron chi connectivity index (χ4n) is 0.989. The summed E-state index contributed by atoms with van der Waals surface area (Å²) in [5, 5.41) is 2.36. The van der Waals surface area contributed by atoms with Crippen molar-refractivity contribution in [1.82, 2.24) is 5.32 Å².